The summed E-state index contributed by atoms with van der Waals surface area (Å²) < 4.78 is 77.8. The van der Waals surface area contributed by atoms with Crippen molar-refractivity contribution in [1.82, 2.24) is 4.72 Å². The average Bonchev–Trinajstić information content (AvgIpc) is 2.46. The van der Waals surface area contributed by atoms with Gasteiger partial charge in [0.1, 0.15) is 5.82 Å². The summed E-state index contributed by atoms with van der Waals surface area (Å²) in [6, 6.07) is 1.64. The summed E-state index contributed by atoms with van der Waals surface area (Å²) in [4.78, 5) is 10.4. The Morgan fingerprint density at radius 1 is 1.17 bits per heavy atom. The van der Waals surface area contributed by atoms with Crippen molar-refractivity contribution in [1.29, 1.82) is 0 Å². The summed E-state index contributed by atoms with van der Waals surface area (Å²) in [5.41, 5.74) is -0.793. The van der Waals surface area contributed by atoms with E-state index in [4.69, 9.17) is 5.11 Å². The van der Waals surface area contributed by atoms with E-state index in [-0.39, 0.29) is 25.7 Å². The summed E-state index contributed by atoms with van der Waals surface area (Å²) in [7, 11) is -4.15. The molecule has 2 rings (SSSR count). The van der Waals surface area contributed by atoms with Crippen LogP contribution in [-0.2, 0) is 10.0 Å². The van der Waals surface area contributed by atoms with Crippen LogP contribution < -0.4 is 4.72 Å². The van der Waals surface area contributed by atoms with Crippen molar-refractivity contribution in [2.45, 2.75) is 42.8 Å². The first-order chi connectivity index (χ1) is 11.0. The molecular weight excluding hydrogens is 354 g/mol. The van der Waals surface area contributed by atoms with Gasteiger partial charge in [-0.3, -0.25) is 0 Å². The van der Waals surface area contributed by atoms with E-state index in [0.717, 1.165) is 12.1 Å². The number of carbonyl (C=O) groups is 1. The van der Waals surface area contributed by atoms with Crippen LogP contribution in [-0.4, -0.2) is 31.7 Å². The van der Waals surface area contributed by atoms with Crippen LogP contribution in [0.2, 0.25) is 0 Å². The van der Waals surface area contributed by atoms with Gasteiger partial charge < -0.3 is 5.11 Å². The zero-order valence-corrected chi connectivity index (χ0v) is 13.1. The number of alkyl halides is 3. The number of rotatable bonds is 4. The standard InChI is InChI=1S/C14H15F4NO4S/c15-12-6-5-10(7-11(12)13(20)21)24(22,23)19-9-3-1-8(2-4-9)14(16,17)18/h5-9,19H,1-4H2,(H,20,21). The summed E-state index contributed by atoms with van der Waals surface area (Å²) in [5, 5.41) is 8.82. The van der Waals surface area contributed by atoms with Crippen molar-refractivity contribution in [2.24, 2.45) is 5.92 Å². The Morgan fingerprint density at radius 2 is 1.75 bits per heavy atom. The van der Waals surface area contributed by atoms with Crippen LogP contribution in [0.1, 0.15) is 36.0 Å². The van der Waals surface area contributed by atoms with Gasteiger partial charge in [0.15, 0.2) is 0 Å². The molecule has 0 amide bonds. The van der Waals surface area contributed by atoms with Gasteiger partial charge in [0.25, 0.3) is 0 Å². The molecular formula is C14H15F4NO4S. The van der Waals surface area contributed by atoms with Gasteiger partial charge >= 0.3 is 12.1 Å². The molecule has 1 aliphatic rings. The highest BCUT2D eigenvalue weighted by Crippen LogP contribution is 2.37. The molecule has 24 heavy (non-hydrogen) atoms. The number of aromatic carboxylic acids is 1. The van der Waals surface area contributed by atoms with Gasteiger partial charge in [-0.05, 0) is 43.9 Å². The summed E-state index contributed by atoms with van der Waals surface area (Å²) in [6.45, 7) is 0. The van der Waals surface area contributed by atoms with E-state index in [1.54, 1.807) is 0 Å². The number of hydrogen-bond donors (Lipinski definition) is 2. The summed E-state index contributed by atoms with van der Waals surface area (Å²) in [5.74, 6) is -4.13. The maximum absolute atomic E-state index is 13.3. The average molecular weight is 369 g/mol. The zero-order chi connectivity index (χ0) is 18.1. The van der Waals surface area contributed by atoms with Crippen molar-refractivity contribution >= 4 is 16.0 Å². The smallest absolute Gasteiger partial charge is 0.391 e. The van der Waals surface area contributed by atoms with E-state index in [0.29, 0.717) is 6.07 Å². The SMILES string of the molecule is O=C(O)c1cc(S(=O)(=O)NC2CCC(C(F)(F)F)CC2)ccc1F. The first-order valence-corrected chi connectivity index (χ1v) is 8.61. The quantitative estimate of drug-likeness (QED) is 0.800. The lowest BCUT2D eigenvalue weighted by Gasteiger charge is -2.30. The second-order valence-corrected chi connectivity index (χ2v) is 7.37. The monoisotopic (exact) mass is 369 g/mol. The lowest BCUT2D eigenvalue weighted by Crippen LogP contribution is -2.40. The predicted octanol–water partition coefficient (Wildman–Crippen LogP) is 2.92. The minimum Gasteiger partial charge on any atom is -0.478 e. The topological polar surface area (TPSA) is 83.5 Å². The molecule has 0 saturated heterocycles. The Bertz CT molecular complexity index is 725. The van der Waals surface area contributed by atoms with Crippen LogP contribution in [0.4, 0.5) is 17.6 Å². The molecule has 0 radical (unpaired) electrons. The first-order valence-electron chi connectivity index (χ1n) is 7.12. The molecule has 1 fully saturated rings. The molecule has 1 aromatic rings. The molecule has 2 N–H and O–H groups in total. The van der Waals surface area contributed by atoms with Crippen LogP contribution in [0.25, 0.3) is 0 Å². The Balaban J connectivity index is 2.10. The number of carboxylic acids is 1. The number of sulfonamides is 1. The van der Waals surface area contributed by atoms with Crippen molar-refractivity contribution in [2.75, 3.05) is 0 Å². The molecule has 1 aliphatic carbocycles. The third-order valence-electron chi connectivity index (χ3n) is 3.99. The van der Waals surface area contributed by atoms with Crippen LogP contribution >= 0.6 is 0 Å². The molecule has 0 spiro atoms. The number of benzene rings is 1. The van der Waals surface area contributed by atoms with E-state index in [1.165, 1.54) is 0 Å². The third kappa shape index (κ3) is 4.23. The highest BCUT2D eigenvalue weighted by molar-refractivity contribution is 7.89. The second kappa shape index (κ2) is 6.67. The van der Waals surface area contributed by atoms with Gasteiger partial charge in [-0.1, -0.05) is 0 Å². The molecule has 0 aromatic heterocycles. The highest BCUT2D eigenvalue weighted by atomic mass is 32.2. The lowest BCUT2D eigenvalue weighted by atomic mass is 9.86. The number of nitrogens with one attached hydrogen (secondary N) is 1. The molecule has 5 nitrogen and oxygen atoms in total. The molecule has 0 atom stereocenters. The third-order valence-corrected chi connectivity index (χ3v) is 5.51. The molecule has 0 heterocycles. The summed E-state index contributed by atoms with van der Waals surface area (Å²) >= 11 is 0. The Labute approximate surface area is 135 Å². The zero-order valence-electron chi connectivity index (χ0n) is 12.3. The van der Waals surface area contributed by atoms with Crippen molar-refractivity contribution < 1.29 is 35.9 Å². The van der Waals surface area contributed by atoms with Crippen molar-refractivity contribution in [3.8, 4) is 0 Å². The van der Waals surface area contributed by atoms with E-state index in [9.17, 15) is 30.8 Å². The molecule has 0 bridgehead atoms. The summed E-state index contributed by atoms with van der Waals surface area (Å²) in [6.07, 6.45) is -4.61. The van der Waals surface area contributed by atoms with E-state index >= 15 is 0 Å². The predicted molar refractivity (Wildman–Crippen MR) is 75.5 cm³/mol. The van der Waals surface area contributed by atoms with E-state index in [2.05, 4.69) is 4.72 Å². The normalized spacial score (nSPS) is 22.3. The fourth-order valence-electron chi connectivity index (χ4n) is 2.66. The second-order valence-electron chi connectivity index (χ2n) is 5.66. The van der Waals surface area contributed by atoms with Crippen LogP contribution in [0.15, 0.2) is 23.1 Å². The van der Waals surface area contributed by atoms with Crippen molar-refractivity contribution in [3.63, 3.8) is 0 Å². The molecule has 0 aliphatic heterocycles. The molecule has 1 aromatic carbocycles. The number of carboxylic acid groups (broad SMARTS) is 1. The lowest BCUT2D eigenvalue weighted by molar-refractivity contribution is -0.182. The largest absolute Gasteiger partial charge is 0.478 e. The van der Waals surface area contributed by atoms with Gasteiger partial charge in [0.2, 0.25) is 10.0 Å². The van der Waals surface area contributed by atoms with Crippen LogP contribution in [0.5, 0.6) is 0 Å². The highest BCUT2D eigenvalue weighted by Gasteiger charge is 2.41. The van der Waals surface area contributed by atoms with Gasteiger partial charge in [-0.15, -0.1) is 0 Å². The van der Waals surface area contributed by atoms with Crippen molar-refractivity contribution in [3.05, 3.63) is 29.6 Å². The molecule has 0 unspecified atom stereocenters. The van der Waals surface area contributed by atoms with E-state index < -0.39 is 50.4 Å². The molecule has 10 heteroatoms. The minimum atomic E-state index is -4.29. The maximum atomic E-state index is 13.3. The number of halogens is 4. The minimum absolute atomic E-state index is 0.0242. The fraction of sp³-hybridized carbons (Fsp3) is 0.500. The van der Waals surface area contributed by atoms with E-state index in [1.807, 2.05) is 0 Å². The van der Waals surface area contributed by atoms with Gasteiger partial charge in [-0.2, -0.15) is 13.2 Å². The van der Waals surface area contributed by atoms with Gasteiger partial charge in [0.05, 0.1) is 16.4 Å². The number of hydrogen-bond acceptors (Lipinski definition) is 3. The van der Waals surface area contributed by atoms with Crippen LogP contribution in [0.3, 0.4) is 0 Å². The van der Waals surface area contributed by atoms with Gasteiger partial charge in [-0.25, -0.2) is 22.3 Å². The van der Waals surface area contributed by atoms with Crippen LogP contribution in [0, 0.1) is 11.7 Å². The Hall–Kier alpha value is -1.68. The molecule has 134 valence electrons. The molecule has 1 saturated carbocycles. The van der Waals surface area contributed by atoms with Gasteiger partial charge in [0, 0.05) is 6.04 Å². The Kier molecular flexibility index (Phi) is 5.19. The fourth-order valence-corrected chi connectivity index (χ4v) is 3.99. The Morgan fingerprint density at radius 3 is 2.25 bits per heavy atom. The first kappa shape index (κ1) is 18.7. The maximum Gasteiger partial charge on any atom is 0.391 e.